The number of guanidine groups is 1. The van der Waals surface area contributed by atoms with Crippen LogP contribution in [0.1, 0.15) is 24.6 Å². The quantitative estimate of drug-likeness (QED) is 0.214. The highest BCUT2D eigenvalue weighted by Gasteiger charge is 2.24. The third-order valence-corrected chi connectivity index (χ3v) is 5.19. The van der Waals surface area contributed by atoms with Crippen LogP contribution >= 0.6 is 24.0 Å². The lowest BCUT2D eigenvalue weighted by Crippen LogP contribution is -2.40. The Morgan fingerprint density at radius 3 is 2.84 bits per heavy atom. The molecule has 0 radical (unpaired) electrons. The second kappa shape index (κ2) is 13.7. The van der Waals surface area contributed by atoms with Gasteiger partial charge in [-0.2, -0.15) is 0 Å². The zero-order chi connectivity index (χ0) is 21.2. The molecule has 0 aliphatic carbocycles. The minimum absolute atomic E-state index is 0. The summed E-state index contributed by atoms with van der Waals surface area (Å²) in [6, 6.07) is 8.21. The molecule has 1 atom stereocenters. The fraction of sp³-hybridized carbons (Fsp3) is 0.565. The second-order valence-corrected chi connectivity index (χ2v) is 7.66. The standard InChI is InChI=1S/C23H34N4O3.HI/c1-4-24-23(27-12-10-19(15-27)16-29-14-13-28-3)25-11-9-21-17-30-22(26-21)20-7-5-18(2)6-8-20;/h5-8,17,19H,4,9-16H2,1-3H3,(H,24,25);1H. The number of aromatic nitrogens is 1. The van der Waals surface area contributed by atoms with Crippen LogP contribution in [0.25, 0.3) is 11.5 Å². The molecule has 2 heterocycles. The zero-order valence-electron chi connectivity index (χ0n) is 18.8. The maximum atomic E-state index is 5.70. The number of aliphatic imine (C=N–C) groups is 1. The van der Waals surface area contributed by atoms with Crippen molar-refractivity contribution in [2.24, 2.45) is 10.9 Å². The Bertz CT molecular complexity index is 794. The van der Waals surface area contributed by atoms with Crippen LogP contribution in [-0.2, 0) is 15.9 Å². The van der Waals surface area contributed by atoms with E-state index < -0.39 is 0 Å². The average molecular weight is 542 g/mol. The van der Waals surface area contributed by atoms with E-state index in [1.807, 2.05) is 12.1 Å². The van der Waals surface area contributed by atoms with Crippen molar-refractivity contribution in [3.63, 3.8) is 0 Å². The summed E-state index contributed by atoms with van der Waals surface area (Å²) in [5.41, 5.74) is 3.15. The maximum absolute atomic E-state index is 5.70. The summed E-state index contributed by atoms with van der Waals surface area (Å²) in [5.74, 6) is 2.18. The molecular weight excluding hydrogens is 507 g/mol. The molecule has 0 saturated carbocycles. The van der Waals surface area contributed by atoms with Crippen LogP contribution in [-0.4, -0.2) is 69.0 Å². The van der Waals surface area contributed by atoms with Gasteiger partial charge in [-0.3, -0.25) is 4.99 Å². The molecular formula is C23H35IN4O3. The Kier molecular flexibility index (Phi) is 11.3. The zero-order valence-corrected chi connectivity index (χ0v) is 21.1. The molecule has 1 fully saturated rings. The molecule has 1 aliphatic heterocycles. The van der Waals surface area contributed by atoms with Crippen molar-refractivity contribution in [1.82, 2.24) is 15.2 Å². The molecule has 0 spiro atoms. The van der Waals surface area contributed by atoms with Crippen LogP contribution in [0.3, 0.4) is 0 Å². The highest BCUT2D eigenvalue weighted by Crippen LogP contribution is 2.20. The Morgan fingerprint density at radius 1 is 1.29 bits per heavy atom. The highest BCUT2D eigenvalue weighted by atomic mass is 127. The van der Waals surface area contributed by atoms with Crippen LogP contribution in [0.5, 0.6) is 0 Å². The van der Waals surface area contributed by atoms with Crippen molar-refractivity contribution in [2.75, 3.05) is 53.1 Å². The van der Waals surface area contributed by atoms with Crippen molar-refractivity contribution in [3.05, 3.63) is 41.8 Å². The van der Waals surface area contributed by atoms with Gasteiger partial charge in [0.2, 0.25) is 5.89 Å². The molecule has 1 aliphatic rings. The summed E-state index contributed by atoms with van der Waals surface area (Å²) in [5, 5.41) is 3.42. The lowest BCUT2D eigenvalue weighted by Gasteiger charge is -2.21. The molecule has 1 unspecified atom stereocenters. The number of likely N-dealkylation sites (tertiary alicyclic amines) is 1. The number of benzene rings is 1. The average Bonchev–Trinajstić information content (AvgIpc) is 3.41. The molecule has 0 bridgehead atoms. The lowest BCUT2D eigenvalue weighted by molar-refractivity contribution is 0.0536. The normalized spacial score (nSPS) is 16.4. The first kappa shape index (κ1) is 25.6. The fourth-order valence-electron chi connectivity index (χ4n) is 3.51. The number of oxazole rings is 1. The van der Waals surface area contributed by atoms with E-state index in [2.05, 4.69) is 41.2 Å². The molecule has 1 aromatic heterocycles. The van der Waals surface area contributed by atoms with Gasteiger partial charge in [0, 0.05) is 51.2 Å². The van der Waals surface area contributed by atoms with Gasteiger partial charge in [0.1, 0.15) is 6.26 Å². The fourth-order valence-corrected chi connectivity index (χ4v) is 3.51. The number of ether oxygens (including phenoxy) is 2. The predicted molar refractivity (Wildman–Crippen MR) is 134 cm³/mol. The summed E-state index contributed by atoms with van der Waals surface area (Å²) >= 11 is 0. The largest absolute Gasteiger partial charge is 0.444 e. The van der Waals surface area contributed by atoms with Gasteiger partial charge in [-0.1, -0.05) is 17.7 Å². The van der Waals surface area contributed by atoms with Gasteiger partial charge in [0.25, 0.3) is 0 Å². The van der Waals surface area contributed by atoms with Crippen LogP contribution in [0, 0.1) is 12.8 Å². The van der Waals surface area contributed by atoms with E-state index >= 15 is 0 Å². The van der Waals surface area contributed by atoms with Crippen molar-refractivity contribution in [2.45, 2.75) is 26.7 Å². The summed E-state index contributed by atoms with van der Waals surface area (Å²) < 4.78 is 16.4. The molecule has 1 N–H and O–H groups in total. The van der Waals surface area contributed by atoms with E-state index in [1.165, 1.54) is 5.56 Å². The Labute approximate surface area is 202 Å². The number of hydrogen-bond acceptors (Lipinski definition) is 5. The monoisotopic (exact) mass is 542 g/mol. The Morgan fingerprint density at radius 2 is 2.10 bits per heavy atom. The summed E-state index contributed by atoms with van der Waals surface area (Å²) in [6.07, 6.45) is 3.61. The molecule has 3 rings (SSSR count). The molecule has 1 aromatic carbocycles. The van der Waals surface area contributed by atoms with Gasteiger partial charge < -0.3 is 24.1 Å². The number of halogens is 1. The van der Waals surface area contributed by atoms with Crippen LogP contribution in [0.2, 0.25) is 0 Å². The predicted octanol–water partition coefficient (Wildman–Crippen LogP) is 3.76. The van der Waals surface area contributed by atoms with E-state index in [9.17, 15) is 0 Å². The molecule has 7 nitrogen and oxygen atoms in total. The van der Waals surface area contributed by atoms with Gasteiger partial charge in [-0.25, -0.2) is 4.98 Å². The smallest absolute Gasteiger partial charge is 0.226 e. The van der Waals surface area contributed by atoms with Gasteiger partial charge in [-0.05, 0) is 32.4 Å². The van der Waals surface area contributed by atoms with Gasteiger partial charge >= 0.3 is 0 Å². The molecule has 1 saturated heterocycles. The second-order valence-electron chi connectivity index (χ2n) is 7.66. The Hall–Kier alpha value is -1.65. The number of rotatable bonds is 10. The molecule has 2 aromatic rings. The molecule has 31 heavy (non-hydrogen) atoms. The number of nitrogens with one attached hydrogen (secondary N) is 1. The summed E-state index contributed by atoms with van der Waals surface area (Å²) in [7, 11) is 1.70. The number of nitrogens with zero attached hydrogens (tertiary/aromatic N) is 3. The number of hydrogen-bond donors (Lipinski definition) is 1. The SMILES string of the molecule is CCNC(=NCCc1coc(-c2ccc(C)cc2)n1)N1CCC(COCCOC)C1.I. The van der Waals surface area contributed by atoms with Crippen LogP contribution in [0.15, 0.2) is 39.9 Å². The third kappa shape index (κ3) is 8.08. The summed E-state index contributed by atoms with van der Waals surface area (Å²) in [4.78, 5) is 11.8. The molecule has 8 heteroatoms. The van der Waals surface area contributed by atoms with Gasteiger partial charge in [-0.15, -0.1) is 24.0 Å². The van der Waals surface area contributed by atoms with Gasteiger partial charge in [0.05, 0.1) is 25.5 Å². The van der Waals surface area contributed by atoms with Crippen molar-refractivity contribution in [1.29, 1.82) is 0 Å². The third-order valence-electron chi connectivity index (χ3n) is 5.19. The van der Waals surface area contributed by atoms with Crippen molar-refractivity contribution < 1.29 is 13.9 Å². The minimum atomic E-state index is 0. The Balaban J connectivity index is 0.00000341. The topological polar surface area (TPSA) is 72.1 Å². The highest BCUT2D eigenvalue weighted by molar-refractivity contribution is 14.0. The number of aryl methyl sites for hydroxylation is 1. The first-order valence-electron chi connectivity index (χ1n) is 10.8. The van der Waals surface area contributed by atoms with E-state index in [1.54, 1.807) is 13.4 Å². The first-order valence-corrected chi connectivity index (χ1v) is 10.8. The first-order chi connectivity index (χ1) is 14.7. The molecule has 0 amide bonds. The van der Waals surface area contributed by atoms with E-state index in [-0.39, 0.29) is 24.0 Å². The maximum Gasteiger partial charge on any atom is 0.226 e. The minimum Gasteiger partial charge on any atom is -0.444 e. The van der Waals surface area contributed by atoms with E-state index in [0.29, 0.717) is 31.6 Å². The summed E-state index contributed by atoms with van der Waals surface area (Å²) in [6.45, 7) is 9.76. The van der Waals surface area contributed by atoms with Gasteiger partial charge in [0.15, 0.2) is 5.96 Å². The van der Waals surface area contributed by atoms with E-state index in [0.717, 1.165) is 56.3 Å². The van der Waals surface area contributed by atoms with Crippen LogP contribution in [0.4, 0.5) is 0 Å². The van der Waals surface area contributed by atoms with Crippen LogP contribution < -0.4 is 5.32 Å². The number of methoxy groups -OCH3 is 1. The van der Waals surface area contributed by atoms with E-state index in [4.69, 9.17) is 18.9 Å². The molecule has 172 valence electrons. The van der Waals surface area contributed by atoms with Crippen molar-refractivity contribution >= 4 is 29.9 Å². The lowest BCUT2D eigenvalue weighted by atomic mass is 10.1. The van der Waals surface area contributed by atoms with Crippen molar-refractivity contribution in [3.8, 4) is 11.5 Å².